The molecule has 0 N–H and O–H groups in total. The minimum absolute atomic E-state index is 0.302. The van der Waals surface area contributed by atoms with E-state index < -0.39 is 5.41 Å². The molecule has 0 saturated heterocycles. The monoisotopic (exact) mass is 791 g/mol. The molecule has 3 nitrogen and oxygen atoms in total. The van der Waals surface area contributed by atoms with Gasteiger partial charge in [0.05, 0.1) is 5.41 Å². The van der Waals surface area contributed by atoms with E-state index >= 15 is 0 Å². The van der Waals surface area contributed by atoms with E-state index in [2.05, 4.69) is 208 Å². The van der Waals surface area contributed by atoms with E-state index in [-0.39, 0.29) is 5.41 Å². The molecule has 0 atom stereocenters. The zero-order valence-electron chi connectivity index (χ0n) is 34.5. The van der Waals surface area contributed by atoms with Gasteiger partial charge in [-0.05, 0) is 89.7 Å². The first kappa shape index (κ1) is 36.1. The van der Waals surface area contributed by atoms with Gasteiger partial charge in [0, 0.05) is 22.1 Å². The Morgan fingerprint density at radius 1 is 0.290 bits per heavy atom. The molecule has 1 aromatic heterocycles. The number of hydrogen-bond acceptors (Lipinski definition) is 3. The maximum absolute atomic E-state index is 5.32. The summed E-state index contributed by atoms with van der Waals surface area (Å²) in [5.74, 6) is 1.92. The molecule has 0 radical (unpaired) electrons. The third-order valence-electron chi connectivity index (χ3n) is 13.4. The minimum Gasteiger partial charge on any atom is -0.208 e. The van der Waals surface area contributed by atoms with Crippen LogP contribution in [0, 0.1) is 0 Å². The molecular weight excluding hydrogens is 751 g/mol. The van der Waals surface area contributed by atoms with Crippen LogP contribution in [0.4, 0.5) is 0 Å². The Bertz CT molecular complexity index is 3340. The van der Waals surface area contributed by atoms with Gasteiger partial charge >= 0.3 is 0 Å². The molecule has 1 heterocycles. The molecule has 0 fully saturated rings. The summed E-state index contributed by atoms with van der Waals surface area (Å²) in [6, 6.07) is 76.7. The van der Waals surface area contributed by atoms with E-state index in [0.29, 0.717) is 17.5 Å². The van der Waals surface area contributed by atoms with Crippen LogP contribution >= 0.6 is 0 Å². The number of rotatable bonds is 5. The molecule has 2 aliphatic rings. The van der Waals surface area contributed by atoms with Crippen LogP contribution in [0.2, 0.25) is 0 Å². The first-order valence-corrected chi connectivity index (χ1v) is 21.4. The lowest BCUT2D eigenvalue weighted by molar-refractivity contribution is 0.565. The first-order valence-electron chi connectivity index (χ1n) is 21.4. The van der Waals surface area contributed by atoms with Gasteiger partial charge in [0.2, 0.25) is 0 Å². The smallest absolute Gasteiger partial charge is 0.164 e. The van der Waals surface area contributed by atoms with Gasteiger partial charge in [0.1, 0.15) is 0 Å². The molecule has 2 aliphatic carbocycles. The lowest BCUT2D eigenvalue weighted by Crippen LogP contribution is -2.41. The Hall–Kier alpha value is -7.75. The summed E-state index contributed by atoms with van der Waals surface area (Å²) in [5, 5.41) is 2.26. The van der Waals surface area contributed by atoms with E-state index in [4.69, 9.17) is 15.0 Å². The topological polar surface area (TPSA) is 38.7 Å². The lowest BCUT2D eigenvalue weighted by Gasteiger charge is -2.47. The summed E-state index contributed by atoms with van der Waals surface area (Å²) in [6.07, 6.45) is 0. The van der Waals surface area contributed by atoms with E-state index in [1.54, 1.807) is 0 Å². The van der Waals surface area contributed by atoms with Gasteiger partial charge in [-0.2, -0.15) is 0 Å². The van der Waals surface area contributed by atoms with Crippen molar-refractivity contribution >= 4 is 10.8 Å². The van der Waals surface area contributed by atoms with Gasteiger partial charge in [-0.3, -0.25) is 0 Å². The van der Waals surface area contributed by atoms with Crippen LogP contribution in [-0.4, -0.2) is 15.0 Å². The van der Waals surface area contributed by atoms with Crippen molar-refractivity contribution in [1.82, 2.24) is 15.0 Å². The van der Waals surface area contributed by atoms with E-state index in [9.17, 15) is 0 Å². The van der Waals surface area contributed by atoms with Crippen LogP contribution in [0.15, 0.2) is 212 Å². The molecule has 3 heteroatoms. The van der Waals surface area contributed by atoms with Crippen LogP contribution in [-0.2, 0) is 10.8 Å². The molecule has 1 spiro atoms. The Kier molecular flexibility index (Phi) is 8.10. The largest absolute Gasteiger partial charge is 0.208 e. The van der Waals surface area contributed by atoms with Gasteiger partial charge in [0.25, 0.3) is 0 Å². The Morgan fingerprint density at radius 2 is 0.742 bits per heavy atom. The average Bonchev–Trinajstić information content (AvgIpc) is 3.64. The average molecular weight is 792 g/mol. The maximum atomic E-state index is 5.32. The quantitative estimate of drug-likeness (QED) is 0.174. The van der Waals surface area contributed by atoms with Gasteiger partial charge in [-0.25, -0.2) is 15.0 Å². The van der Waals surface area contributed by atoms with Crippen molar-refractivity contribution in [2.75, 3.05) is 0 Å². The van der Waals surface area contributed by atoms with Gasteiger partial charge in [0.15, 0.2) is 17.5 Å². The van der Waals surface area contributed by atoms with E-state index in [0.717, 1.165) is 33.0 Å². The Balaban J connectivity index is 1.07. The van der Waals surface area contributed by atoms with Crippen LogP contribution in [0.3, 0.4) is 0 Å². The van der Waals surface area contributed by atoms with Gasteiger partial charge in [-0.1, -0.05) is 214 Å². The van der Waals surface area contributed by atoms with Crippen LogP contribution < -0.4 is 0 Å². The molecule has 292 valence electrons. The second-order valence-corrected chi connectivity index (χ2v) is 17.1. The highest BCUT2D eigenvalue weighted by Gasteiger charge is 2.53. The number of benzene rings is 9. The van der Waals surface area contributed by atoms with Crippen molar-refractivity contribution in [3.8, 4) is 67.5 Å². The predicted molar refractivity (Wildman–Crippen MR) is 254 cm³/mol. The number of fused-ring (bicyclic) bond motifs is 10. The fourth-order valence-corrected chi connectivity index (χ4v) is 10.8. The van der Waals surface area contributed by atoms with Crippen molar-refractivity contribution in [2.45, 2.75) is 24.7 Å². The van der Waals surface area contributed by atoms with Gasteiger partial charge < -0.3 is 0 Å². The number of hydrogen-bond donors (Lipinski definition) is 0. The van der Waals surface area contributed by atoms with Crippen molar-refractivity contribution in [1.29, 1.82) is 0 Å². The summed E-state index contributed by atoms with van der Waals surface area (Å²) in [6.45, 7) is 4.80. The highest BCUT2D eigenvalue weighted by Crippen LogP contribution is 2.63. The standard InChI is InChI=1S/C59H41N3/c1-58(2)51-32-15-16-33-52(51)59(49-30-13-11-27-46(49)47-28-12-14-31-50(47)59)53-34-18-29-43(54(53)58)40-23-17-24-41(37-40)56-60-55(39-21-7-4-8-22-39)61-57(62-56)48-36-35-42(38-19-5-3-6-20-38)44-25-9-10-26-45(44)48/h3-37H,1-2H3. The molecule has 62 heavy (non-hydrogen) atoms. The molecule has 10 aromatic rings. The van der Waals surface area contributed by atoms with Crippen molar-refractivity contribution in [3.63, 3.8) is 0 Å². The highest BCUT2D eigenvalue weighted by atomic mass is 15.0. The third-order valence-corrected chi connectivity index (χ3v) is 13.4. The molecule has 12 rings (SSSR count). The minimum atomic E-state index is -0.464. The van der Waals surface area contributed by atoms with Crippen molar-refractivity contribution in [3.05, 3.63) is 246 Å². The normalized spacial score (nSPS) is 13.9. The molecule has 0 saturated carbocycles. The molecule has 0 aliphatic heterocycles. The zero-order chi connectivity index (χ0) is 41.4. The van der Waals surface area contributed by atoms with Crippen LogP contribution in [0.1, 0.15) is 47.2 Å². The third kappa shape index (κ3) is 5.28. The molecule has 0 unspecified atom stereocenters. The summed E-state index contributed by atoms with van der Waals surface area (Å²) >= 11 is 0. The molecule has 0 bridgehead atoms. The highest BCUT2D eigenvalue weighted by molar-refractivity contribution is 6.04. The Labute approximate surface area is 362 Å². The predicted octanol–water partition coefficient (Wildman–Crippen LogP) is 14.4. The SMILES string of the molecule is CC1(C)c2ccccc2C2(c3ccccc3-c3ccccc32)c2cccc(-c3cccc(-c4nc(-c5ccccc5)nc(-c5ccc(-c6ccccc6)c6ccccc56)n4)c3)c21. The number of aromatic nitrogens is 3. The van der Waals surface area contributed by atoms with E-state index in [1.165, 1.54) is 61.2 Å². The first-order chi connectivity index (χ1) is 30.5. The van der Waals surface area contributed by atoms with Crippen LogP contribution in [0.25, 0.3) is 78.3 Å². The van der Waals surface area contributed by atoms with Crippen molar-refractivity contribution in [2.24, 2.45) is 0 Å². The summed E-state index contributed by atoms with van der Waals surface area (Å²) in [5.41, 5.74) is 17.5. The summed E-state index contributed by atoms with van der Waals surface area (Å²) in [4.78, 5) is 15.7. The van der Waals surface area contributed by atoms with Crippen LogP contribution in [0.5, 0.6) is 0 Å². The second-order valence-electron chi connectivity index (χ2n) is 17.1. The maximum Gasteiger partial charge on any atom is 0.164 e. The fourth-order valence-electron chi connectivity index (χ4n) is 10.8. The number of nitrogens with zero attached hydrogens (tertiary/aromatic N) is 3. The second kappa shape index (κ2) is 13.9. The summed E-state index contributed by atoms with van der Waals surface area (Å²) in [7, 11) is 0. The lowest BCUT2D eigenvalue weighted by atomic mass is 9.54. The molecular formula is C59H41N3. The molecule has 0 amide bonds. The summed E-state index contributed by atoms with van der Waals surface area (Å²) < 4.78 is 0. The Morgan fingerprint density at radius 3 is 1.44 bits per heavy atom. The zero-order valence-corrected chi connectivity index (χ0v) is 34.5. The van der Waals surface area contributed by atoms with E-state index in [1.807, 2.05) is 18.2 Å². The van der Waals surface area contributed by atoms with Crippen molar-refractivity contribution < 1.29 is 0 Å². The molecule has 9 aromatic carbocycles. The van der Waals surface area contributed by atoms with Gasteiger partial charge in [-0.15, -0.1) is 0 Å². The fraction of sp³-hybridized carbons (Fsp3) is 0.0678.